The van der Waals surface area contributed by atoms with Crippen molar-refractivity contribution >= 4 is 23.2 Å². The summed E-state index contributed by atoms with van der Waals surface area (Å²) in [6.45, 7) is 3.85. The van der Waals surface area contributed by atoms with Crippen molar-refractivity contribution in [2.45, 2.75) is 19.9 Å². The molecular formula is C17H19Cl2FN2. The molecule has 0 spiro atoms. The molecule has 0 radical (unpaired) electrons. The van der Waals surface area contributed by atoms with Crippen LogP contribution in [-0.4, -0.2) is 23.5 Å². The number of halogens is 3. The quantitative estimate of drug-likeness (QED) is 0.699. The van der Waals surface area contributed by atoms with Crippen molar-refractivity contribution in [3.63, 3.8) is 0 Å². The molecule has 5 heteroatoms. The topological polar surface area (TPSA) is 16.1 Å². The van der Waals surface area contributed by atoms with E-state index in [1.54, 1.807) is 18.3 Å². The summed E-state index contributed by atoms with van der Waals surface area (Å²) in [4.78, 5) is 6.30. The zero-order valence-corrected chi connectivity index (χ0v) is 14.2. The normalized spacial score (nSPS) is 12.6. The van der Waals surface area contributed by atoms with E-state index in [1.165, 1.54) is 6.07 Å². The molecule has 1 heterocycles. The highest BCUT2D eigenvalue weighted by atomic mass is 35.5. The number of aromatic nitrogens is 1. The van der Waals surface area contributed by atoms with Crippen molar-refractivity contribution in [2.75, 3.05) is 13.6 Å². The third-order valence-corrected chi connectivity index (χ3v) is 3.81. The summed E-state index contributed by atoms with van der Waals surface area (Å²) in [6, 6.07) is 8.47. The molecule has 1 atom stereocenters. The van der Waals surface area contributed by atoms with Gasteiger partial charge in [-0.25, -0.2) is 9.37 Å². The molecule has 2 aromatic rings. The first-order chi connectivity index (χ1) is 10.4. The van der Waals surface area contributed by atoms with Gasteiger partial charge in [-0.05, 0) is 54.8 Å². The smallest absolute Gasteiger partial charge is 0.129 e. The van der Waals surface area contributed by atoms with E-state index in [1.807, 2.05) is 12.1 Å². The van der Waals surface area contributed by atoms with Gasteiger partial charge in [0.15, 0.2) is 0 Å². The van der Waals surface area contributed by atoms with Gasteiger partial charge >= 0.3 is 0 Å². The van der Waals surface area contributed by atoms with E-state index in [-0.39, 0.29) is 5.82 Å². The van der Waals surface area contributed by atoms with Crippen LogP contribution in [0.5, 0.6) is 0 Å². The second-order valence-corrected chi connectivity index (χ2v) is 6.60. The first-order valence-electron chi connectivity index (χ1n) is 7.16. The summed E-state index contributed by atoms with van der Waals surface area (Å²) in [5.74, 6) is 0.110. The van der Waals surface area contributed by atoms with E-state index < -0.39 is 0 Å². The van der Waals surface area contributed by atoms with Gasteiger partial charge in [0.05, 0.1) is 0 Å². The van der Waals surface area contributed by atoms with Crippen molar-refractivity contribution in [1.29, 1.82) is 0 Å². The molecule has 0 N–H and O–H groups in total. The fourth-order valence-electron chi connectivity index (χ4n) is 2.60. The third kappa shape index (κ3) is 5.56. The van der Waals surface area contributed by atoms with Gasteiger partial charge < -0.3 is 4.90 Å². The highest BCUT2D eigenvalue weighted by molar-refractivity contribution is 6.30. The fourth-order valence-corrected chi connectivity index (χ4v) is 2.96. The van der Waals surface area contributed by atoms with Crippen LogP contribution in [0.25, 0.3) is 0 Å². The fraction of sp³-hybridized carbons (Fsp3) is 0.353. The molecule has 118 valence electrons. The first-order valence-corrected chi connectivity index (χ1v) is 7.92. The minimum absolute atomic E-state index is 0.282. The van der Waals surface area contributed by atoms with Crippen molar-refractivity contribution < 1.29 is 4.39 Å². The zero-order valence-electron chi connectivity index (χ0n) is 12.7. The molecule has 2 nitrogen and oxygen atoms in total. The van der Waals surface area contributed by atoms with Crippen LogP contribution in [0.1, 0.15) is 18.1 Å². The van der Waals surface area contributed by atoms with Gasteiger partial charge in [-0.15, -0.1) is 0 Å². The van der Waals surface area contributed by atoms with E-state index in [2.05, 4.69) is 23.9 Å². The van der Waals surface area contributed by atoms with Gasteiger partial charge in [0.2, 0.25) is 0 Å². The summed E-state index contributed by atoms with van der Waals surface area (Å²) in [5, 5.41) is 0.950. The molecule has 1 aromatic carbocycles. The SMILES string of the molecule is CC(Cc1cc(F)cc(Cl)c1)CN(C)Cc1ccc(Cl)nc1. The summed E-state index contributed by atoms with van der Waals surface area (Å²) >= 11 is 11.7. The van der Waals surface area contributed by atoms with E-state index in [0.717, 1.165) is 30.6 Å². The van der Waals surface area contributed by atoms with Crippen LogP contribution in [0.3, 0.4) is 0 Å². The average molecular weight is 341 g/mol. The predicted octanol–water partition coefficient (Wildman–Crippen LogP) is 4.84. The van der Waals surface area contributed by atoms with Crippen LogP contribution in [0, 0.1) is 11.7 Å². The van der Waals surface area contributed by atoms with Crippen molar-refractivity contribution in [3.05, 3.63) is 63.6 Å². The van der Waals surface area contributed by atoms with Gasteiger partial charge in [-0.1, -0.05) is 36.2 Å². The third-order valence-electron chi connectivity index (χ3n) is 3.37. The maximum Gasteiger partial charge on any atom is 0.129 e. The molecule has 0 bridgehead atoms. The van der Waals surface area contributed by atoms with Crippen molar-refractivity contribution in [3.8, 4) is 0 Å². The van der Waals surface area contributed by atoms with Gasteiger partial charge in [0.1, 0.15) is 11.0 Å². The molecule has 0 aliphatic rings. The lowest BCUT2D eigenvalue weighted by Gasteiger charge is -2.21. The van der Waals surface area contributed by atoms with Crippen molar-refractivity contribution in [2.24, 2.45) is 5.92 Å². The Kier molecular flexibility index (Phi) is 6.18. The van der Waals surface area contributed by atoms with Crippen LogP contribution in [-0.2, 0) is 13.0 Å². The van der Waals surface area contributed by atoms with Gasteiger partial charge in [0.25, 0.3) is 0 Å². The van der Waals surface area contributed by atoms with Crippen molar-refractivity contribution in [1.82, 2.24) is 9.88 Å². The molecule has 1 unspecified atom stereocenters. The Labute approximate surface area is 140 Å². The Bertz CT molecular complexity index is 596. The van der Waals surface area contributed by atoms with Crippen LogP contribution >= 0.6 is 23.2 Å². The number of hydrogen-bond acceptors (Lipinski definition) is 2. The van der Waals surface area contributed by atoms with Crippen LogP contribution in [0.2, 0.25) is 10.2 Å². The summed E-state index contributed by atoms with van der Waals surface area (Å²) in [5.41, 5.74) is 2.05. The second kappa shape index (κ2) is 7.91. The van der Waals surface area contributed by atoms with Crippen LogP contribution in [0.15, 0.2) is 36.5 Å². The Hall–Kier alpha value is -1.16. The average Bonchev–Trinajstić information content (AvgIpc) is 2.39. The van der Waals surface area contributed by atoms with Crippen LogP contribution < -0.4 is 0 Å². The van der Waals surface area contributed by atoms with E-state index in [9.17, 15) is 4.39 Å². The maximum atomic E-state index is 13.3. The van der Waals surface area contributed by atoms with Crippen LogP contribution in [0.4, 0.5) is 4.39 Å². The predicted molar refractivity (Wildman–Crippen MR) is 89.9 cm³/mol. The summed E-state index contributed by atoms with van der Waals surface area (Å²) in [6.07, 6.45) is 2.58. The number of hydrogen-bond donors (Lipinski definition) is 0. The lowest BCUT2D eigenvalue weighted by molar-refractivity contribution is 0.277. The Morgan fingerprint density at radius 1 is 1.18 bits per heavy atom. The Morgan fingerprint density at radius 2 is 1.95 bits per heavy atom. The van der Waals surface area contributed by atoms with E-state index in [0.29, 0.717) is 16.1 Å². The van der Waals surface area contributed by atoms with E-state index >= 15 is 0 Å². The largest absolute Gasteiger partial charge is 0.302 e. The lowest BCUT2D eigenvalue weighted by Crippen LogP contribution is -2.25. The lowest BCUT2D eigenvalue weighted by atomic mass is 10.0. The molecule has 1 aromatic heterocycles. The highest BCUT2D eigenvalue weighted by Gasteiger charge is 2.10. The molecule has 2 rings (SSSR count). The standard InChI is InChI=1S/C17H19Cl2FN2/c1-12(5-14-6-15(18)8-16(20)7-14)10-22(2)11-13-3-4-17(19)21-9-13/h3-4,6-9,12H,5,10-11H2,1-2H3. The first kappa shape index (κ1) is 17.2. The highest BCUT2D eigenvalue weighted by Crippen LogP contribution is 2.18. The Balaban J connectivity index is 1.87. The molecule has 0 aliphatic carbocycles. The minimum Gasteiger partial charge on any atom is -0.302 e. The van der Waals surface area contributed by atoms with Gasteiger partial charge in [0, 0.05) is 24.3 Å². The summed E-state index contributed by atoms with van der Waals surface area (Å²) < 4.78 is 13.3. The number of pyridine rings is 1. The van der Waals surface area contributed by atoms with E-state index in [4.69, 9.17) is 23.2 Å². The number of benzene rings is 1. The molecule has 0 saturated heterocycles. The van der Waals surface area contributed by atoms with Gasteiger partial charge in [-0.2, -0.15) is 0 Å². The molecule has 0 fully saturated rings. The summed E-state index contributed by atoms with van der Waals surface area (Å²) in [7, 11) is 2.06. The number of rotatable bonds is 6. The number of nitrogens with zero attached hydrogens (tertiary/aromatic N) is 2. The monoisotopic (exact) mass is 340 g/mol. The maximum absolute atomic E-state index is 13.3. The molecule has 22 heavy (non-hydrogen) atoms. The molecular weight excluding hydrogens is 322 g/mol. The Morgan fingerprint density at radius 3 is 2.59 bits per heavy atom. The molecule has 0 saturated carbocycles. The second-order valence-electron chi connectivity index (χ2n) is 5.77. The molecule has 0 amide bonds. The minimum atomic E-state index is -0.282. The zero-order chi connectivity index (χ0) is 16.1. The molecule has 0 aliphatic heterocycles. The van der Waals surface area contributed by atoms with Gasteiger partial charge in [-0.3, -0.25) is 0 Å².